The van der Waals surface area contributed by atoms with Crippen LogP contribution in [0.4, 0.5) is 0 Å². The largest absolute Gasteiger partial charge is 0.481 e. The summed E-state index contributed by atoms with van der Waals surface area (Å²) >= 11 is 0. The molecular formula is C29H29NO11. The van der Waals surface area contributed by atoms with E-state index < -0.39 is 79.9 Å². The maximum absolute atomic E-state index is 11.8. The Kier molecular flexibility index (Phi) is 10.2. The predicted octanol–water partition coefficient (Wildman–Crippen LogP) is 3.37. The number of carbonyl (C=O) groups is 5. The van der Waals surface area contributed by atoms with E-state index in [-0.39, 0.29) is 17.1 Å². The second kappa shape index (κ2) is 13.5. The van der Waals surface area contributed by atoms with E-state index in [2.05, 4.69) is 0 Å². The third kappa shape index (κ3) is 8.12. The number of nitrogens with zero attached hydrogens (tertiary/aromatic N) is 1. The van der Waals surface area contributed by atoms with E-state index in [0.29, 0.717) is 16.7 Å². The minimum Gasteiger partial charge on any atom is -0.481 e. The van der Waals surface area contributed by atoms with Crippen LogP contribution in [0.15, 0.2) is 42.5 Å². The van der Waals surface area contributed by atoms with Crippen LogP contribution in [-0.4, -0.2) is 64.0 Å². The Labute approximate surface area is 235 Å². The Hall–Kier alpha value is -4.76. The number of carboxylic acid groups (broad SMARTS) is 3. The summed E-state index contributed by atoms with van der Waals surface area (Å²) in [6.45, 7) is 2.15. The van der Waals surface area contributed by atoms with Crippen LogP contribution in [-0.2, 0) is 28.7 Å². The van der Waals surface area contributed by atoms with E-state index >= 15 is 0 Å². The van der Waals surface area contributed by atoms with Crippen LogP contribution in [0.1, 0.15) is 49.0 Å². The highest BCUT2D eigenvalue weighted by Crippen LogP contribution is 2.43. The van der Waals surface area contributed by atoms with E-state index in [1.807, 2.05) is 6.07 Å². The van der Waals surface area contributed by atoms with Gasteiger partial charge in [-0.05, 0) is 42.2 Å². The number of aliphatic carboxylic acids is 3. The molecule has 2 aromatic rings. The van der Waals surface area contributed by atoms with Gasteiger partial charge in [-0.25, -0.2) is 0 Å². The molecule has 1 heterocycles. The van der Waals surface area contributed by atoms with Crippen LogP contribution in [0.2, 0.25) is 0 Å². The molecule has 1 fully saturated rings. The second-order valence-corrected chi connectivity index (χ2v) is 9.71. The standard InChI is InChI=1S/C29H29NO11/c1-15(31)17-4-3-5-18(8-17)19-6-7-24(20(9-19)13-30)40-29-23(12-28(37)38)21(10-26(33)34)22(11-27(35)36)25(41-29)14-39-16(2)32/h3-9,21-23,25,29H,10-12,14H2,1-2H3,(H,33,34)(H,35,36)(H,37,38)/t21-,22+,23-,25-,29-/m0/s1. The Bertz CT molecular complexity index is 1380. The maximum Gasteiger partial charge on any atom is 0.303 e. The first-order valence-corrected chi connectivity index (χ1v) is 12.7. The minimum atomic E-state index is -1.42. The lowest BCUT2D eigenvalue weighted by Crippen LogP contribution is -2.53. The molecule has 0 spiro atoms. The lowest BCUT2D eigenvalue weighted by atomic mass is 9.71. The molecule has 12 heteroatoms. The number of esters is 1. The molecule has 0 radical (unpaired) electrons. The Morgan fingerprint density at radius 3 is 2.05 bits per heavy atom. The minimum absolute atomic E-state index is 0.0105. The van der Waals surface area contributed by atoms with Gasteiger partial charge in [-0.3, -0.25) is 24.0 Å². The number of hydrogen-bond donors (Lipinski definition) is 3. The molecule has 216 valence electrons. The summed E-state index contributed by atoms with van der Waals surface area (Å²) in [6.07, 6.45) is -4.32. The fourth-order valence-electron chi connectivity index (χ4n) is 5.03. The quantitative estimate of drug-likeness (QED) is 0.250. The Morgan fingerprint density at radius 1 is 0.854 bits per heavy atom. The van der Waals surface area contributed by atoms with Crippen molar-refractivity contribution in [3.63, 3.8) is 0 Å². The highest BCUT2D eigenvalue weighted by molar-refractivity contribution is 5.95. The number of ketones is 1. The summed E-state index contributed by atoms with van der Waals surface area (Å²) in [5.74, 6) is -7.84. The number of ether oxygens (including phenoxy) is 3. The number of carbonyl (C=O) groups excluding carboxylic acids is 2. The van der Waals surface area contributed by atoms with Crippen LogP contribution in [0.25, 0.3) is 11.1 Å². The number of carboxylic acids is 3. The van der Waals surface area contributed by atoms with E-state index in [9.17, 15) is 44.6 Å². The number of benzene rings is 2. The van der Waals surface area contributed by atoms with Gasteiger partial charge >= 0.3 is 23.9 Å². The number of Topliss-reactive ketones (excluding diaryl/α,β-unsaturated/α-hetero) is 1. The summed E-state index contributed by atoms with van der Waals surface area (Å²) in [6, 6.07) is 13.4. The number of nitriles is 1. The first-order valence-electron chi connectivity index (χ1n) is 12.7. The molecule has 41 heavy (non-hydrogen) atoms. The van der Waals surface area contributed by atoms with Crippen LogP contribution in [0, 0.1) is 29.1 Å². The first-order chi connectivity index (χ1) is 19.4. The van der Waals surface area contributed by atoms with Gasteiger partial charge in [0.25, 0.3) is 0 Å². The molecule has 3 rings (SSSR count). The SMILES string of the molecule is CC(=O)OC[C@@H]1O[C@H](Oc2ccc(-c3cccc(C(C)=O)c3)cc2C#N)[C@@H](CC(=O)O)[C@@H](CC(=O)O)[C@H]1CC(=O)O. The van der Waals surface area contributed by atoms with Crippen LogP contribution < -0.4 is 4.74 Å². The molecular weight excluding hydrogens is 538 g/mol. The summed E-state index contributed by atoms with van der Waals surface area (Å²) < 4.78 is 17.0. The highest BCUT2D eigenvalue weighted by Gasteiger charge is 2.49. The van der Waals surface area contributed by atoms with E-state index in [1.165, 1.54) is 19.1 Å². The summed E-state index contributed by atoms with van der Waals surface area (Å²) in [7, 11) is 0. The molecule has 12 nitrogen and oxygen atoms in total. The lowest BCUT2D eigenvalue weighted by Gasteiger charge is -2.45. The van der Waals surface area contributed by atoms with Crippen molar-refractivity contribution < 1.29 is 53.5 Å². The lowest BCUT2D eigenvalue weighted by molar-refractivity contribution is -0.237. The molecule has 3 N–H and O–H groups in total. The Morgan fingerprint density at radius 2 is 1.46 bits per heavy atom. The smallest absolute Gasteiger partial charge is 0.303 e. The number of hydrogen-bond acceptors (Lipinski definition) is 9. The Balaban J connectivity index is 2.03. The predicted molar refractivity (Wildman–Crippen MR) is 140 cm³/mol. The second-order valence-electron chi connectivity index (χ2n) is 9.71. The van der Waals surface area contributed by atoms with Gasteiger partial charge in [-0.2, -0.15) is 5.26 Å². The molecule has 0 amide bonds. The van der Waals surface area contributed by atoms with Gasteiger partial charge in [0.05, 0.1) is 24.5 Å². The zero-order valence-corrected chi connectivity index (χ0v) is 22.3. The van der Waals surface area contributed by atoms with Crippen molar-refractivity contribution in [1.29, 1.82) is 5.26 Å². The van der Waals surface area contributed by atoms with Crippen molar-refractivity contribution in [1.82, 2.24) is 0 Å². The van der Waals surface area contributed by atoms with Gasteiger partial charge in [-0.15, -0.1) is 0 Å². The van der Waals surface area contributed by atoms with Crippen molar-refractivity contribution in [3.05, 3.63) is 53.6 Å². The van der Waals surface area contributed by atoms with Gasteiger partial charge in [0.1, 0.15) is 18.4 Å². The van der Waals surface area contributed by atoms with Gasteiger partial charge in [0.15, 0.2) is 5.78 Å². The molecule has 0 bridgehead atoms. The maximum atomic E-state index is 11.8. The fraction of sp³-hybridized carbons (Fsp3) is 0.379. The van der Waals surface area contributed by atoms with E-state index in [4.69, 9.17) is 14.2 Å². The third-order valence-electron chi connectivity index (χ3n) is 6.86. The normalized spacial score (nSPS) is 21.7. The molecule has 1 saturated heterocycles. The summed E-state index contributed by atoms with van der Waals surface area (Å²) in [5, 5.41) is 38.6. The van der Waals surface area contributed by atoms with Crippen molar-refractivity contribution in [3.8, 4) is 22.9 Å². The number of rotatable bonds is 12. The van der Waals surface area contributed by atoms with Crippen LogP contribution >= 0.6 is 0 Å². The van der Waals surface area contributed by atoms with E-state index in [1.54, 1.807) is 30.3 Å². The van der Waals surface area contributed by atoms with Crippen molar-refractivity contribution in [2.75, 3.05) is 6.61 Å². The van der Waals surface area contributed by atoms with Gasteiger partial charge < -0.3 is 29.5 Å². The molecule has 1 aliphatic rings. The monoisotopic (exact) mass is 567 g/mol. The topological polar surface area (TPSA) is 198 Å². The van der Waals surface area contributed by atoms with Crippen LogP contribution in [0.5, 0.6) is 5.75 Å². The molecule has 0 saturated carbocycles. The van der Waals surface area contributed by atoms with Crippen molar-refractivity contribution >= 4 is 29.7 Å². The average Bonchev–Trinajstić information content (AvgIpc) is 2.90. The fourth-order valence-corrected chi connectivity index (χ4v) is 5.03. The van der Waals surface area contributed by atoms with Gasteiger partial charge in [-0.1, -0.05) is 24.3 Å². The van der Waals surface area contributed by atoms with Gasteiger partial charge in [0, 0.05) is 30.7 Å². The molecule has 2 aromatic carbocycles. The molecule has 5 atom stereocenters. The zero-order chi connectivity index (χ0) is 30.3. The highest BCUT2D eigenvalue weighted by atomic mass is 16.7. The molecule has 0 unspecified atom stereocenters. The summed E-state index contributed by atoms with van der Waals surface area (Å²) in [4.78, 5) is 58.5. The summed E-state index contributed by atoms with van der Waals surface area (Å²) in [5.41, 5.74) is 1.79. The zero-order valence-electron chi connectivity index (χ0n) is 22.3. The molecule has 0 aromatic heterocycles. The van der Waals surface area contributed by atoms with Gasteiger partial charge in [0.2, 0.25) is 6.29 Å². The van der Waals surface area contributed by atoms with Crippen LogP contribution in [0.3, 0.4) is 0 Å². The first kappa shape index (κ1) is 30.8. The van der Waals surface area contributed by atoms with Crippen molar-refractivity contribution in [2.45, 2.75) is 45.5 Å². The average molecular weight is 568 g/mol. The van der Waals surface area contributed by atoms with E-state index in [0.717, 1.165) is 6.92 Å². The molecule has 0 aliphatic carbocycles. The third-order valence-corrected chi connectivity index (χ3v) is 6.86. The van der Waals surface area contributed by atoms with Crippen molar-refractivity contribution in [2.24, 2.45) is 17.8 Å². The molecule has 1 aliphatic heterocycles.